The largest absolute Gasteiger partial charge is 0.508 e. The molecule has 1 fully saturated rings. The maximum atomic E-state index is 9.78. The van der Waals surface area contributed by atoms with Crippen LogP contribution in [0.15, 0.2) is 12.1 Å². The molecule has 1 aromatic rings. The Kier molecular flexibility index (Phi) is 3.34. The Morgan fingerprint density at radius 3 is 2.62 bits per heavy atom. The summed E-state index contributed by atoms with van der Waals surface area (Å²) in [6, 6.07) is 3.79. The van der Waals surface area contributed by atoms with Crippen LogP contribution < -0.4 is 10.1 Å². The van der Waals surface area contributed by atoms with Crippen LogP contribution in [0.3, 0.4) is 0 Å². The average molecular weight is 221 g/mol. The monoisotopic (exact) mass is 221 g/mol. The summed E-state index contributed by atoms with van der Waals surface area (Å²) in [5.41, 5.74) is 2.02. The van der Waals surface area contributed by atoms with Crippen molar-refractivity contribution in [3.8, 4) is 11.5 Å². The van der Waals surface area contributed by atoms with Crippen molar-refractivity contribution in [3.63, 3.8) is 0 Å². The molecule has 1 heterocycles. The molecule has 0 amide bonds. The van der Waals surface area contributed by atoms with Crippen LogP contribution in [-0.4, -0.2) is 25.3 Å². The highest BCUT2D eigenvalue weighted by molar-refractivity contribution is 5.47. The van der Waals surface area contributed by atoms with Crippen LogP contribution in [0, 0.1) is 6.92 Å². The molecule has 0 saturated carbocycles. The Bertz CT molecular complexity index is 370. The van der Waals surface area contributed by atoms with E-state index in [9.17, 15) is 5.11 Å². The van der Waals surface area contributed by atoms with Crippen molar-refractivity contribution in [3.05, 3.63) is 23.3 Å². The lowest BCUT2D eigenvalue weighted by molar-refractivity contribution is 0.387. The Labute approximate surface area is 96.4 Å². The number of piperidine rings is 1. The van der Waals surface area contributed by atoms with Crippen molar-refractivity contribution in [2.45, 2.75) is 25.7 Å². The number of ether oxygens (including phenoxy) is 1. The molecule has 2 rings (SSSR count). The first-order chi connectivity index (χ1) is 7.72. The van der Waals surface area contributed by atoms with Crippen LogP contribution in [0.2, 0.25) is 0 Å². The van der Waals surface area contributed by atoms with Crippen molar-refractivity contribution in [2.75, 3.05) is 20.2 Å². The van der Waals surface area contributed by atoms with Crippen LogP contribution >= 0.6 is 0 Å². The van der Waals surface area contributed by atoms with Gasteiger partial charge in [-0.05, 0) is 56.5 Å². The van der Waals surface area contributed by atoms with Gasteiger partial charge in [0.2, 0.25) is 0 Å². The average Bonchev–Trinajstić information content (AvgIpc) is 2.33. The van der Waals surface area contributed by atoms with Crippen molar-refractivity contribution < 1.29 is 9.84 Å². The molecule has 3 heteroatoms. The third-order valence-electron chi connectivity index (χ3n) is 3.33. The van der Waals surface area contributed by atoms with Gasteiger partial charge in [0.1, 0.15) is 11.5 Å². The highest BCUT2D eigenvalue weighted by atomic mass is 16.5. The van der Waals surface area contributed by atoms with Crippen LogP contribution in [-0.2, 0) is 0 Å². The molecular formula is C13H19NO2. The fourth-order valence-corrected chi connectivity index (χ4v) is 2.31. The standard InChI is InChI=1S/C13H19NO2/c1-9-7-13(16-2)11(8-12(9)15)10-3-5-14-6-4-10/h7-8,10,14-15H,3-6H2,1-2H3. The van der Waals surface area contributed by atoms with Crippen molar-refractivity contribution in [2.24, 2.45) is 0 Å². The van der Waals surface area contributed by atoms with Gasteiger partial charge in [0.05, 0.1) is 7.11 Å². The summed E-state index contributed by atoms with van der Waals surface area (Å²) < 4.78 is 5.40. The Hall–Kier alpha value is -1.22. The number of hydrogen-bond donors (Lipinski definition) is 2. The minimum atomic E-state index is 0.370. The Morgan fingerprint density at radius 1 is 1.31 bits per heavy atom. The van der Waals surface area contributed by atoms with Gasteiger partial charge in [-0.1, -0.05) is 0 Å². The van der Waals surface area contributed by atoms with Crippen molar-refractivity contribution in [1.29, 1.82) is 0 Å². The molecule has 0 bridgehead atoms. The molecule has 0 aliphatic carbocycles. The fourth-order valence-electron chi connectivity index (χ4n) is 2.31. The third kappa shape index (κ3) is 2.14. The van der Waals surface area contributed by atoms with Crippen LogP contribution in [0.4, 0.5) is 0 Å². The number of rotatable bonds is 2. The first-order valence-electron chi connectivity index (χ1n) is 5.80. The number of benzene rings is 1. The number of phenols is 1. The first kappa shape index (κ1) is 11.3. The number of aromatic hydroxyl groups is 1. The summed E-state index contributed by atoms with van der Waals surface area (Å²) in [5.74, 6) is 1.78. The molecule has 1 aliphatic rings. The van der Waals surface area contributed by atoms with Gasteiger partial charge in [-0.25, -0.2) is 0 Å². The number of hydrogen-bond acceptors (Lipinski definition) is 3. The minimum Gasteiger partial charge on any atom is -0.508 e. The van der Waals surface area contributed by atoms with Gasteiger partial charge < -0.3 is 15.2 Å². The normalized spacial score (nSPS) is 17.4. The zero-order valence-corrected chi connectivity index (χ0v) is 9.92. The molecule has 1 aliphatic heterocycles. The molecule has 0 aromatic heterocycles. The summed E-state index contributed by atoms with van der Waals surface area (Å²) in [5, 5.41) is 13.1. The van der Waals surface area contributed by atoms with E-state index in [2.05, 4.69) is 5.32 Å². The molecule has 88 valence electrons. The zero-order valence-electron chi connectivity index (χ0n) is 9.92. The summed E-state index contributed by atoms with van der Waals surface area (Å²) in [4.78, 5) is 0. The minimum absolute atomic E-state index is 0.370. The molecule has 0 atom stereocenters. The fraction of sp³-hybridized carbons (Fsp3) is 0.538. The van der Waals surface area contributed by atoms with E-state index in [-0.39, 0.29) is 0 Å². The maximum absolute atomic E-state index is 9.78. The van der Waals surface area contributed by atoms with Gasteiger partial charge in [-0.2, -0.15) is 0 Å². The summed E-state index contributed by atoms with van der Waals surface area (Å²) in [6.07, 6.45) is 2.22. The second-order valence-electron chi connectivity index (χ2n) is 4.40. The zero-order chi connectivity index (χ0) is 11.5. The molecule has 16 heavy (non-hydrogen) atoms. The van der Waals surface area contributed by atoms with Gasteiger partial charge in [0, 0.05) is 5.56 Å². The number of aryl methyl sites for hydroxylation is 1. The molecule has 1 aromatic carbocycles. The van der Waals surface area contributed by atoms with E-state index in [0.717, 1.165) is 42.8 Å². The number of phenolic OH excluding ortho intramolecular Hbond substituents is 1. The SMILES string of the molecule is COc1cc(C)c(O)cc1C1CCNCC1. The molecule has 0 radical (unpaired) electrons. The van der Waals surface area contributed by atoms with Crippen molar-refractivity contribution in [1.82, 2.24) is 5.32 Å². The van der Waals surface area contributed by atoms with E-state index >= 15 is 0 Å². The molecule has 1 saturated heterocycles. The van der Waals surface area contributed by atoms with Crippen molar-refractivity contribution >= 4 is 0 Å². The summed E-state index contributed by atoms with van der Waals surface area (Å²) in [6.45, 7) is 3.98. The first-order valence-corrected chi connectivity index (χ1v) is 5.80. The van der Waals surface area contributed by atoms with E-state index in [0.29, 0.717) is 11.7 Å². The van der Waals surface area contributed by atoms with Gasteiger partial charge in [0.15, 0.2) is 0 Å². The summed E-state index contributed by atoms with van der Waals surface area (Å²) in [7, 11) is 1.69. The lowest BCUT2D eigenvalue weighted by Crippen LogP contribution is -2.26. The Balaban J connectivity index is 2.33. The van der Waals surface area contributed by atoms with Gasteiger partial charge in [0.25, 0.3) is 0 Å². The number of methoxy groups -OCH3 is 1. The van der Waals surface area contributed by atoms with Gasteiger partial charge in [-0.15, -0.1) is 0 Å². The Morgan fingerprint density at radius 2 is 2.00 bits per heavy atom. The van der Waals surface area contributed by atoms with E-state index in [4.69, 9.17) is 4.74 Å². The highest BCUT2D eigenvalue weighted by Gasteiger charge is 2.20. The molecule has 0 unspecified atom stereocenters. The smallest absolute Gasteiger partial charge is 0.122 e. The second kappa shape index (κ2) is 4.74. The number of nitrogens with one attached hydrogen (secondary N) is 1. The van der Waals surface area contributed by atoms with E-state index < -0.39 is 0 Å². The topological polar surface area (TPSA) is 41.5 Å². The van der Waals surface area contributed by atoms with Gasteiger partial charge >= 0.3 is 0 Å². The predicted octanol–water partition coefficient (Wildman–Crippen LogP) is 2.18. The maximum Gasteiger partial charge on any atom is 0.122 e. The third-order valence-corrected chi connectivity index (χ3v) is 3.33. The van der Waals surface area contributed by atoms with Crippen LogP contribution in [0.1, 0.15) is 29.9 Å². The lowest BCUT2D eigenvalue weighted by atomic mass is 9.89. The van der Waals surface area contributed by atoms with Crippen LogP contribution in [0.5, 0.6) is 11.5 Å². The molecular weight excluding hydrogens is 202 g/mol. The molecule has 0 spiro atoms. The highest BCUT2D eigenvalue weighted by Crippen LogP contribution is 2.36. The lowest BCUT2D eigenvalue weighted by Gasteiger charge is -2.25. The predicted molar refractivity (Wildman–Crippen MR) is 64.2 cm³/mol. The van der Waals surface area contributed by atoms with Crippen LogP contribution in [0.25, 0.3) is 0 Å². The van der Waals surface area contributed by atoms with Gasteiger partial charge in [-0.3, -0.25) is 0 Å². The molecule has 3 nitrogen and oxygen atoms in total. The second-order valence-corrected chi connectivity index (χ2v) is 4.40. The van der Waals surface area contributed by atoms with E-state index in [1.54, 1.807) is 7.11 Å². The quantitative estimate of drug-likeness (QED) is 0.804. The van der Waals surface area contributed by atoms with E-state index in [1.807, 2.05) is 19.1 Å². The van der Waals surface area contributed by atoms with E-state index in [1.165, 1.54) is 0 Å². The summed E-state index contributed by atoms with van der Waals surface area (Å²) >= 11 is 0. The molecule has 2 N–H and O–H groups in total.